The fourth-order valence-electron chi connectivity index (χ4n) is 4.29. The van der Waals surface area contributed by atoms with E-state index in [1.54, 1.807) is 0 Å². The van der Waals surface area contributed by atoms with Crippen molar-refractivity contribution < 1.29 is 4.79 Å². The standard InChI is InChI=1S/C23H32N2O/c1-17(2)24(15-20-10-6-5-7-11-20)16-23(26)22-14-18(3)25(19(22)4)21-12-8-9-13-21/h5-7,10-11,14,17,21H,8-9,12-13,15-16H2,1-4H3. The second-order valence-corrected chi connectivity index (χ2v) is 8.00. The third-order valence-electron chi connectivity index (χ3n) is 5.78. The van der Waals surface area contributed by atoms with Crippen LogP contribution in [0.1, 0.15) is 72.9 Å². The van der Waals surface area contributed by atoms with E-state index in [0.29, 0.717) is 18.6 Å². The van der Waals surface area contributed by atoms with Crippen LogP contribution in [0.4, 0.5) is 0 Å². The number of ketones is 1. The Morgan fingerprint density at radius 3 is 2.42 bits per heavy atom. The predicted octanol–water partition coefficient (Wildman–Crippen LogP) is 5.31. The summed E-state index contributed by atoms with van der Waals surface area (Å²) < 4.78 is 2.41. The van der Waals surface area contributed by atoms with Gasteiger partial charge in [-0.3, -0.25) is 9.69 Å². The zero-order chi connectivity index (χ0) is 18.7. The Morgan fingerprint density at radius 2 is 1.81 bits per heavy atom. The molecule has 0 spiro atoms. The zero-order valence-corrected chi connectivity index (χ0v) is 16.7. The predicted molar refractivity (Wildman–Crippen MR) is 108 cm³/mol. The van der Waals surface area contributed by atoms with Gasteiger partial charge in [-0.1, -0.05) is 43.2 Å². The van der Waals surface area contributed by atoms with Crippen LogP contribution < -0.4 is 0 Å². The van der Waals surface area contributed by atoms with Crippen LogP contribution >= 0.6 is 0 Å². The van der Waals surface area contributed by atoms with Crippen LogP contribution in [0.15, 0.2) is 36.4 Å². The van der Waals surface area contributed by atoms with Crippen LogP contribution in [0.5, 0.6) is 0 Å². The molecule has 0 N–H and O–H groups in total. The number of aryl methyl sites for hydroxylation is 1. The molecule has 0 atom stereocenters. The van der Waals surface area contributed by atoms with E-state index in [1.165, 1.54) is 36.9 Å². The molecule has 0 saturated heterocycles. The molecule has 140 valence electrons. The fraction of sp³-hybridized carbons (Fsp3) is 0.522. The largest absolute Gasteiger partial charge is 0.345 e. The quantitative estimate of drug-likeness (QED) is 0.631. The number of rotatable bonds is 7. The van der Waals surface area contributed by atoms with Crippen LogP contribution in [-0.4, -0.2) is 27.8 Å². The topological polar surface area (TPSA) is 25.2 Å². The number of carbonyl (C=O) groups is 1. The minimum absolute atomic E-state index is 0.243. The van der Waals surface area contributed by atoms with Gasteiger partial charge in [0.1, 0.15) is 0 Å². The Kier molecular flexibility index (Phi) is 5.98. The summed E-state index contributed by atoms with van der Waals surface area (Å²) in [6.07, 6.45) is 5.11. The van der Waals surface area contributed by atoms with E-state index in [1.807, 2.05) is 6.07 Å². The molecule has 0 radical (unpaired) electrons. The second-order valence-electron chi connectivity index (χ2n) is 8.00. The molecule has 1 fully saturated rings. The molecule has 3 nitrogen and oxygen atoms in total. The molecule has 1 saturated carbocycles. The molecule has 1 aromatic carbocycles. The van der Waals surface area contributed by atoms with Gasteiger partial charge in [-0.25, -0.2) is 0 Å². The van der Waals surface area contributed by atoms with Crippen molar-refractivity contribution in [3.63, 3.8) is 0 Å². The van der Waals surface area contributed by atoms with Gasteiger partial charge in [0.2, 0.25) is 0 Å². The summed E-state index contributed by atoms with van der Waals surface area (Å²) in [5, 5.41) is 0. The van der Waals surface area contributed by atoms with E-state index >= 15 is 0 Å². The van der Waals surface area contributed by atoms with Crippen LogP contribution in [0.2, 0.25) is 0 Å². The molecular weight excluding hydrogens is 320 g/mol. The van der Waals surface area contributed by atoms with Crippen LogP contribution in [-0.2, 0) is 6.54 Å². The molecule has 0 amide bonds. The Labute approximate surface area is 158 Å². The second kappa shape index (κ2) is 8.22. The Morgan fingerprint density at radius 1 is 1.15 bits per heavy atom. The number of aromatic nitrogens is 1. The third-order valence-corrected chi connectivity index (χ3v) is 5.78. The number of nitrogens with zero attached hydrogens (tertiary/aromatic N) is 2. The average molecular weight is 353 g/mol. The molecule has 2 aromatic rings. The Hall–Kier alpha value is -1.87. The van der Waals surface area contributed by atoms with E-state index in [4.69, 9.17) is 0 Å². The van der Waals surface area contributed by atoms with Gasteiger partial charge in [-0.2, -0.15) is 0 Å². The summed E-state index contributed by atoms with van der Waals surface area (Å²) in [7, 11) is 0. The summed E-state index contributed by atoms with van der Waals surface area (Å²) >= 11 is 0. The first-order chi connectivity index (χ1) is 12.5. The molecule has 1 aromatic heterocycles. The normalized spacial score (nSPS) is 15.3. The maximum absolute atomic E-state index is 13.1. The van der Waals surface area contributed by atoms with Crippen molar-refractivity contribution in [3.05, 3.63) is 58.9 Å². The lowest BCUT2D eigenvalue weighted by molar-refractivity contribution is 0.0897. The van der Waals surface area contributed by atoms with E-state index in [-0.39, 0.29) is 5.78 Å². The molecule has 1 aliphatic rings. The molecule has 0 aliphatic heterocycles. The van der Waals surface area contributed by atoms with Gasteiger partial charge >= 0.3 is 0 Å². The number of hydrogen-bond donors (Lipinski definition) is 0. The van der Waals surface area contributed by atoms with Crippen molar-refractivity contribution in [1.29, 1.82) is 0 Å². The maximum Gasteiger partial charge on any atom is 0.178 e. The summed E-state index contributed by atoms with van der Waals surface area (Å²) in [5.74, 6) is 0.243. The van der Waals surface area contributed by atoms with Crippen molar-refractivity contribution in [2.75, 3.05) is 6.54 Å². The molecule has 1 heterocycles. The molecule has 3 heteroatoms. The molecule has 3 rings (SSSR count). The molecule has 26 heavy (non-hydrogen) atoms. The smallest absolute Gasteiger partial charge is 0.178 e. The van der Waals surface area contributed by atoms with Crippen LogP contribution in [0.25, 0.3) is 0 Å². The van der Waals surface area contributed by atoms with Crippen LogP contribution in [0.3, 0.4) is 0 Å². The Balaban J connectivity index is 1.76. The highest BCUT2D eigenvalue weighted by Gasteiger charge is 2.24. The Bertz CT molecular complexity index is 739. The number of Topliss-reactive ketones (excluding diaryl/α,β-unsaturated/α-hetero) is 1. The van der Waals surface area contributed by atoms with Crippen molar-refractivity contribution in [2.24, 2.45) is 0 Å². The molecule has 0 unspecified atom stereocenters. The highest BCUT2D eigenvalue weighted by Crippen LogP contribution is 2.33. The molecular formula is C23H32N2O. The summed E-state index contributed by atoms with van der Waals surface area (Å²) in [5.41, 5.74) is 4.55. The monoisotopic (exact) mass is 352 g/mol. The highest BCUT2D eigenvalue weighted by atomic mass is 16.1. The lowest BCUT2D eigenvalue weighted by Gasteiger charge is -2.26. The first-order valence-electron chi connectivity index (χ1n) is 9.97. The third kappa shape index (κ3) is 4.09. The first-order valence-corrected chi connectivity index (χ1v) is 9.97. The van der Waals surface area contributed by atoms with Gasteiger partial charge in [0, 0.05) is 35.6 Å². The lowest BCUT2D eigenvalue weighted by Crippen LogP contribution is -2.35. The van der Waals surface area contributed by atoms with E-state index in [2.05, 4.69) is 67.5 Å². The number of carbonyl (C=O) groups excluding carboxylic acids is 1. The van der Waals surface area contributed by atoms with Crippen molar-refractivity contribution in [1.82, 2.24) is 9.47 Å². The van der Waals surface area contributed by atoms with E-state index < -0.39 is 0 Å². The fourth-order valence-corrected chi connectivity index (χ4v) is 4.29. The van der Waals surface area contributed by atoms with E-state index in [0.717, 1.165) is 17.8 Å². The van der Waals surface area contributed by atoms with Gasteiger partial charge in [0.15, 0.2) is 5.78 Å². The average Bonchev–Trinajstić information content (AvgIpc) is 3.23. The van der Waals surface area contributed by atoms with Crippen molar-refractivity contribution in [3.8, 4) is 0 Å². The lowest BCUT2D eigenvalue weighted by atomic mass is 10.1. The summed E-state index contributed by atoms with van der Waals surface area (Å²) in [6.45, 7) is 9.88. The van der Waals surface area contributed by atoms with Crippen molar-refractivity contribution >= 4 is 5.78 Å². The molecule has 0 bridgehead atoms. The van der Waals surface area contributed by atoms with E-state index in [9.17, 15) is 4.79 Å². The first kappa shape index (κ1) is 18.9. The minimum atomic E-state index is 0.243. The highest BCUT2D eigenvalue weighted by molar-refractivity contribution is 5.99. The van der Waals surface area contributed by atoms with Crippen LogP contribution in [0, 0.1) is 13.8 Å². The van der Waals surface area contributed by atoms with Gasteiger partial charge < -0.3 is 4.57 Å². The minimum Gasteiger partial charge on any atom is -0.345 e. The van der Waals surface area contributed by atoms with Gasteiger partial charge in [-0.05, 0) is 52.2 Å². The summed E-state index contributed by atoms with van der Waals surface area (Å²) in [4.78, 5) is 15.4. The number of benzene rings is 1. The molecule has 1 aliphatic carbocycles. The SMILES string of the molecule is Cc1cc(C(=O)CN(Cc2ccccc2)C(C)C)c(C)n1C1CCCC1. The van der Waals surface area contributed by atoms with Gasteiger partial charge in [-0.15, -0.1) is 0 Å². The zero-order valence-electron chi connectivity index (χ0n) is 16.7. The number of hydrogen-bond acceptors (Lipinski definition) is 2. The summed E-state index contributed by atoms with van der Waals surface area (Å²) in [6, 6.07) is 13.4. The van der Waals surface area contributed by atoms with Gasteiger partial charge in [0.05, 0.1) is 6.54 Å². The van der Waals surface area contributed by atoms with Crippen molar-refractivity contribution in [2.45, 2.75) is 72.0 Å². The maximum atomic E-state index is 13.1. The van der Waals surface area contributed by atoms with Gasteiger partial charge in [0.25, 0.3) is 0 Å².